The Morgan fingerprint density at radius 1 is 0.533 bits per heavy atom. The van der Waals surface area contributed by atoms with E-state index in [1.807, 2.05) is 0 Å². The van der Waals surface area contributed by atoms with Gasteiger partial charge in [-0.05, 0) is 127 Å². The van der Waals surface area contributed by atoms with E-state index in [0.717, 1.165) is 23.3 Å². The van der Waals surface area contributed by atoms with Crippen LogP contribution in [-0.4, -0.2) is 191 Å². The number of aliphatic hydroxyl groups excluding tert-OH is 2. The van der Waals surface area contributed by atoms with Crippen LogP contribution in [0.5, 0.6) is 0 Å². The second-order valence-corrected chi connectivity index (χ2v) is 30.1. The normalized spacial score (nSPS) is 27.9. The summed E-state index contributed by atoms with van der Waals surface area (Å²) in [5, 5.41) is 38.7. The van der Waals surface area contributed by atoms with E-state index in [1.165, 1.54) is 115 Å². The number of hydrogen-bond donors (Lipinski definition) is 9. The minimum atomic E-state index is -4.41. The lowest BCUT2D eigenvalue weighted by atomic mass is 9.85. The number of methoxy groups -OCH3 is 4. The van der Waals surface area contributed by atoms with Crippen molar-refractivity contribution in [2.24, 2.45) is 35.1 Å². The van der Waals surface area contributed by atoms with Crippen LogP contribution in [0.2, 0.25) is 0 Å². The Bertz CT molecular complexity index is 3870. The number of allylic oxidation sites excluding steroid dienone is 8. The summed E-state index contributed by atoms with van der Waals surface area (Å²) >= 11 is 0. The van der Waals surface area contributed by atoms with Crippen molar-refractivity contribution < 1.29 is 102 Å². The van der Waals surface area contributed by atoms with Gasteiger partial charge in [-0.15, -0.1) is 0 Å². The SMILES string of the molecule is CO[C@H]1/C=C\C=C(/C)C(=O)NC2=CC(=O)C(NCCCNCCCNC3=C4C[C@H](C)C[C@@H](OC)[C@@H](O)[C@H](C)/C=C(\COS(=O)(=O)c5ccc(C)cc5)[C@@H](OC(N)=O)[C@H](OC)/C=C\C=C(/C)C(=O)NC(=CC3=O)C4=O)=C(C[C@@H](C)C[C@H](OC)[C@H](O)[C@@H](C)/C=C(\COS(=O)(=O)c3ccc(C)cc3)[C@@H]1OC(N)=O)C2=O. The number of ether oxygens (including phenoxy) is 6. The minimum Gasteiger partial charge on any atom is -0.439 e. The maximum Gasteiger partial charge on any atom is 0.405 e. The Balaban J connectivity index is 1.17. The van der Waals surface area contributed by atoms with Gasteiger partial charge in [0.2, 0.25) is 23.1 Å². The van der Waals surface area contributed by atoms with Gasteiger partial charge < -0.3 is 76.7 Å². The van der Waals surface area contributed by atoms with E-state index in [-0.39, 0.29) is 105 Å². The van der Waals surface area contributed by atoms with Gasteiger partial charge in [0.1, 0.15) is 12.2 Å². The molecule has 11 N–H and O–H groups in total. The third-order valence-corrected chi connectivity index (χ3v) is 20.9. The number of aliphatic hydroxyl groups is 2. The Hall–Kier alpha value is -8.86. The summed E-state index contributed by atoms with van der Waals surface area (Å²) in [6, 6.07) is 11.9. The van der Waals surface area contributed by atoms with Crippen LogP contribution in [0.3, 0.4) is 0 Å². The Labute approximate surface area is 625 Å². The summed E-state index contributed by atoms with van der Waals surface area (Å²) in [5.74, 6) is -6.60. The highest BCUT2D eigenvalue weighted by Crippen LogP contribution is 2.33. The summed E-state index contributed by atoms with van der Waals surface area (Å²) in [6.07, 6.45) is 2.14. The predicted molar refractivity (Wildman–Crippen MR) is 394 cm³/mol. The first-order valence-corrected chi connectivity index (χ1v) is 37.8. The molecule has 0 unspecified atom stereocenters. The van der Waals surface area contributed by atoms with Gasteiger partial charge in [0.15, 0.2) is 12.2 Å². The number of benzene rings is 2. The van der Waals surface area contributed by atoms with Crippen molar-refractivity contribution in [2.45, 2.75) is 153 Å². The van der Waals surface area contributed by atoms with E-state index < -0.39 is 153 Å². The van der Waals surface area contributed by atoms with Gasteiger partial charge in [0.25, 0.3) is 32.1 Å². The number of carbonyl (C=O) groups is 8. The third-order valence-electron chi connectivity index (χ3n) is 18.4. The van der Waals surface area contributed by atoms with Gasteiger partial charge in [0, 0.05) is 87.8 Å². The van der Waals surface area contributed by atoms with E-state index in [9.17, 15) is 65.4 Å². The zero-order valence-corrected chi connectivity index (χ0v) is 64.0. The molecule has 31 heteroatoms. The fourth-order valence-corrected chi connectivity index (χ4v) is 14.1. The number of hydrogen-bond acceptors (Lipinski definition) is 25. The molecule has 4 amide bonds. The fraction of sp³-hybridized carbons (Fsp3) is 0.474. The highest BCUT2D eigenvalue weighted by molar-refractivity contribution is 7.87. The van der Waals surface area contributed by atoms with Crippen molar-refractivity contribution in [3.05, 3.63) is 177 Å². The van der Waals surface area contributed by atoms with Gasteiger partial charge in [0.05, 0.1) is 70.2 Å². The number of fused-ring (bicyclic) bond motifs is 4. The first kappa shape index (κ1) is 87.1. The van der Waals surface area contributed by atoms with E-state index in [4.69, 9.17) is 48.3 Å². The molecule has 0 saturated carbocycles. The number of ketones is 4. The van der Waals surface area contributed by atoms with Crippen LogP contribution in [0.15, 0.2) is 175 Å². The van der Waals surface area contributed by atoms with Crippen LogP contribution in [0.4, 0.5) is 9.59 Å². The van der Waals surface area contributed by atoms with Crippen molar-refractivity contribution in [3.63, 3.8) is 0 Å². The van der Waals surface area contributed by atoms with Crippen LogP contribution in [-0.2, 0) is 85.8 Å². The highest BCUT2D eigenvalue weighted by atomic mass is 32.2. The molecule has 584 valence electrons. The molecule has 0 radical (unpaired) electrons. The summed E-state index contributed by atoms with van der Waals surface area (Å²) in [4.78, 5) is 109. The molecular formula is C76H101N7O22S2. The van der Waals surface area contributed by atoms with Gasteiger partial charge in [-0.25, -0.2) is 9.59 Å². The Kier molecular flexibility index (Phi) is 33.3. The highest BCUT2D eigenvalue weighted by Gasteiger charge is 2.38. The zero-order valence-electron chi connectivity index (χ0n) is 62.3. The molecule has 2 aliphatic heterocycles. The Morgan fingerprint density at radius 2 is 0.888 bits per heavy atom. The molecule has 0 fully saturated rings. The molecule has 107 heavy (non-hydrogen) atoms. The molecule has 2 aliphatic carbocycles. The van der Waals surface area contributed by atoms with Crippen LogP contribution < -0.4 is 38.1 Å². The quantitative estimate of drug-likeness (QED) is 0.0272. The number of nitrogens with one attached hydrogen (secondary N) is 5. The topological polar surface area (TPSA) is 431 Å². The average Bonchev–Trinajstić information content (AvgIpc) is 1.04. The first-order valence-electron chi connectivity index (χ1n) is 35.0. The molecule has 2 aromatic carbocycles. The molecule has 0 spiro atoms. The number of carbonyl (C=O) groups excluding carboxylic acids is 8. The summed E-state index contributed by atoms with van der Waals surface area (Å²) in [6.45, 7) is 13.1. The molecule has 0 saturated heterocycles. The lowest BCUT2D eigenvalue weighted by Gasteiger charge is -2.30. The summed E-state index contributed by atoms with van der Waals surface area (Å²) in [7, 11) is -3.48. The number of rotatable bonds is 24. The van der Waals surface area contributed by atoms with Crippen LogP contribution in [0.25, 0.3) is 0 Å². The lowest BCUT2D eigenvalue weighted by molar-refractivity contribution is -0.120. The molecule has 6 rings (SSSR count). The summed E-state index contributed by atoms with van der Waals surface area (Å²) in [5.41, 5.74) is 12.5. The zero-order chi connectivity index (χ0) is 79.0. The van der Waals surface area contributed by atoms with Gasteiger partial charge in [-0.2, -0.15) is 16.8 Å². The molecule has 4 aliphatic rings. The van der Waals surface area contributed by atoms with Crippen molar-refractivity contribution in [1.82, 2.24) is 26.6 Å². The number of aryl methyl sites for hydroxylation is 2. The Morgan fingerprint density at radius 3 is 1.21 bits per heavy atom. The average molecular weight is 1530 g/mol. The van der Waals surface area contributed by atoms with Crippen molar-refractivity contribution in [1.29, 1.82) is 0 Å². The smallest absolute Gasteiger partial charge is 0.405 e. The second kappa shape index (κ2) is 40.9. The summed E-state index contributed by atoms with van der Waals surface area (Å²) < 4.78 is 99.4. The minimum absolute atomic E-state index is 0.00706. The molecule has 2 heterocycles. The van der Waals surface area contributed by atoms with Crippen molar-refractivity contribution >= 4 is 67.4 Å². The van der Waals surface area contributed by atoms with Gasteiger partial charge in [-0.1, -0.05) is 112 Å². The van der Waals surface area contributed by atoms with Gasteiger partial charge >= 0.3 is 12.2 Å². The molecule has 4 bridgehead atoms. The predicted octanol–water partition coefficient (Wildman–Crippen LogP) is 5.47. The van der Waals surface area contributed by atoms with E-state index in [2.05, 4.69) is 26.6 Å². The fourth-order valence-electron chi connectivity index (χ4n) is 12.3. The van der Waals surface area contributed by atoms with E-state index >= 15 is 0 Å². The molecule has 2 aromatic rings. The maximum atomic E-state index is 14.5. The third kappa shape index (κ3) is 25.1. The standard InChI is InChI=1S/C76H101N7O22S2/c1-43-21-25-53(26-22-43)106(94,95)102-41-51-37-49(7)67(86)63(100-11)35-45(3)33-55-65(59(84)39-57(69(55)88)82-73(90)47(5)17-13-19-61(98-9)71(51)104-75(77)92)80-31-15-29-79-30-16-32-81-66-56-34-46(4)36-64(101-12)68(87)50(8)38-52(42-103-107(96,97)54-27-23-44(2)24-28-54)72(105-76(78)93)62(99-10)20-14-18-48(6)74(91)83-58(70(56)89)40-60(66)85/h13-14,17-28,37-40,45-46,49-50,61-64,67-68,71-72,79-81,86-87H,15-16,29-36,41-42H2,1-12H3,(H2,77,92)(H2,78,93)(H,82,90)(H,83,91)/b19-13-,20-14-,47-17+,48-18+,51-37+,52-38+/t45-,46+,49+,50-,61+,62-,63+,64-,67-,68+,71+,72-. The van der Waals surface area contributed by atoms with Gasteiger partial charge in [-0.3, -0.25) is 37.1 Å². The number of amides is 4. The second-order valence-electron chi connectivity index (χ2n) is 26.9. The maximum absolute atomic E-state index is 14.5. The molecule has 12 atom stereocenters. The first-order chi connectivity index (χ1) is 50.6. The largest absolute Gasteiger partial charge is 0.439 e. The van der Waals surface area contributed by atoms with Crippen LogP contribution in [0.1, 0.15) is 91.2 Å². The van der Waals surface area contributed by atoms with Crippen molar-refractivity contribution in [2.75, 3.05) is 67.8 Å². The van der Waals surface area contributed by atoms with Crippen molar-refractivity contribution in [3.8, 4) is 0 Å². The molecular weight excluding hydrogens is 1430 g/mol. The van der Waals surface area contributed by atoms with Crippen LogP contribution in [0, 0.1) is 37.5 Å². The van der Waals surface area contributed by atoms with Crippen LogP contribution >= 0.6 is 0 Å². The van der Waals surface area contributed by atoms with E-state index in [1.54, 1.807) is 65.8 Å². The molecule has 29 nitrogen and oxygen atoms in total. The monoisotopic (exact) mass is 1530 g/mol. The number of Topliss-reactive ketones (excluding diaryl/α,β-unsaturated/α-hetero) is 2. The number of nitrogens with two attached hydrogens (primary N) is 2. The molecule has 0 aromatic heterocycles. The number of primary amides is 2. The lowest BCUT2D eigenvalue weighted by Crippen LogP contribution is -2.39. The van der Waals surface area contributed by atoms with E-state index in [0.29, 0.717) is 25.9 Å².